The molecule has 0 aromatic rings. The highest BCUT2D eigenvalue weighted by molar-refractivity contribution is 4.87. The fraction of sp³-hybridized carbons (Fsp3) is 1.00. The molecule has 0 atom stereocenters. The van der Waals surface area contributed by atoms with Crippen LogP contribution in [0.4, 0.5) is 0 Å². The monoisotopic (exact) mass is 252 g/mol. The van der Waals surface area contributed by atoms with Gasteiger partial charge in [0.25, 0.3) is 0 Å². The highest BCUT2D eigenvalue weighted by Crippen LogP contribution is 2.31. The van der Waals surface area contributed by atoms with Gasteiger partial charge in [0.2, 0.25) is 0 Å². The molecule has 0 amide bonds. The third-order valence-electron chi connectivity index (χ3n) is 4.95. The fourth-order valence-corrected chi connectivity index (χ4v) is 3.49. The average Bonchev–Trinajstić information content (AvgIpc) is 2.21. The summed E-state index contributed by atoms with van der Waals surface area (Å²) in [5, 5.41) is 0. The van der Waals surface area contributed by atoms with Crippen LogP contribution >= 0.6 is 0 Å². The second-order valence-corrected chi connectivity index (χ2v) is 7.75. The summed E-state index contributed by atoms with van der Waals surface area (Å²) in [5.41, 5.74) is 0.371. The van der Waals surface area contributed by atoms with Gasteiger partial charge in [0, 0.05) is 24.7 Å². The third kappa shape index (κ3) is 3.48. The van der Waals surface area contributed by atoms with Crippen LogP contribution in [0.2, 0.25) is 0 Å². The van der Waals surface area contributed by atoms with E-state index in [0.29, 0.717) is 5.54 Å². The average molecular weight is 252 g/mol. The number of piperidine rings is 1. The topological polar surface area (TPSA) is 6.48 Å². The number of nitrogens with zero attached hydrogens (tertiary/aromatic N) is 2. The van der Waals surface area contributed by atoms with Crippen LogP contribution in [-0.4, -0.2) is 47.6 Å². The first-order chi connectivity index (χ1) is 8.36. The smallest absolute Gasteiger partial charge is 0.0125 e. The van der Waals surface area contributed by atoms with Crippen molar-refractivity contribution in [3.8, 4) is 0 Å². The minimum absolute atomic E-state index is 0.371. The maximum atomic E-state index is 2.66. The van der Waals surface area contributed by atoms with Gasteiger partial charge in [-0.05, 0) is 78.8 Å². The molecule has 0 aromatic carbocycles. The molecule has 2 aliphatic heterocycles. The molecule has 2 saturated heterocycles. The Balaban J connectivity index is 1.66. The van der Waals surface area contributed by atoms with E-state index in [1.54, 1.807) is 0 Å². The van der Waals surface area contributed by atoms with E-state index in [1.165, 1.54) is 45.4 Å². The third-order valence-corrected chi connectivity index (χ3v) is 4.95. The summed E-state index contributed by atoms with van der Waals surface area (Å²) >= 11 is 0. The van der Waals surface area contributed by atoms with Crippen LogP contribution in [0.3, 0.4) is 0 Å². The second kappa shape index (κ2) is 5.50. The molecule has 0 unspecified atom stereocenters. The Morgan fingerprint density at radius 3 is 2.00 bits per heavy atom. The summed E-state index contributed by atoms with van der Waals surface area (Å²) in [6, 6.07) is 0.754. The molecule has 0 aromatic heterocycles. The molecule has 0 spiro atoms. The fourth-order valence-electron chi connectivity index (χ4n) is 3.49. The molecule has 0 aliphatic carbocycles. The van der Waals surface area contributed by atoms with Crippen LogP contribution in [0, 0.1) is 11.8 Å². The van der Waals surface area contributed by atoms with Crippen molar-refractivity contribution in [3.63, 3.8) is 0 Å². The van der Waals surface area contributed by atoms with E-state index in [9.17, 15) is 0 Å². The Labute approximate surface area is 114 Å². The number of hydrogen-bond donors (Lipinski definition) is 0. The van der Waals surface area contributed by atoms with Crippen LogP contribution in [-0.2, 0) is 0 Å². The number of hydrogen-bond acceptors (Lipinski definition) is 2. The Kier molecular flexibility index (Phi) is 4.38. The van der Waals surface area contributed by atoms with Crippen molar-refractivity contribution >= 4 is 0 Å². The quantitative estimate of drug-likeness (QED) is 0.761. The molecule has 0 radical (unpaired) electrons. The summed E-state index contributed by atoms with van der Waals surface area (Å²) in [5.74, 6) is 2.00. The lowest BCUT2D eigenvalue weighted by atomic mass is 9.82. The second-order valence-electron chi connectivity index (χ2n) is 7.75. The predicted molar refractivity (Wildman–Crippen MR) is 78.9 cm³/mol. The standard InChI is InChI=1S/C16H32N2/c1-13(2)17-11-15(12-17)10-14-6-8-18(9-7-14)16(3,4)5/h13-15H,6-12H2,1-5H3. The van der Waals surface area contributed by atoms with E-state index in [2.05, 4.69) is 44.4 Å². The molecule has 2 nitrogen and oxygen atoms in total. The van der Waals surface area contributed by atoms with Crippen molar-refractivity contribution in [2.45, 2.75) is 65.5 Å². The van der Waals surface area contributed by atoms with Crippen molar-refractivity contribution in [3.05, 3.63) is 0 Å². The van der Waals surface area contributed by atoms with Crippen LogP contribution in [0.15, 0.2) is 0 Å². The van der Waals surface area contributed by atoms with E-state index in [1.807, 2.05) is 0 Å². The van der Waals surface area contributed by atoms with E-state index >= 15 is 0 Å². The minimum atomic E-state index is 0.371. The summed E-state index contributed by atoms with van der Waals surface area (Å²) in [7, 11) is 0. The van der Waals surface area contributed by atoms with Crippen LogP contribution in [0.25, 0.3) is 0 Å². The molecule has 18 heavy (non-hydrogen) atoms. The van der Waals surface area contributed by atoms with Gasteiger partial charge in [0.05, 0.1) is 0 Å². The first-order valence-electron chi connectivity index (χ1n) is 7.85. The Hall–Kier alpha value is -0.0800. The van der Waals surface area contributed by atoms with Gasteiger partial charge >= 0.3 is 0 Å². The molecule has 2 rings (SSSR count). The van der Waals surface area contributed by atoms with E-state index in [-0.39, 0.29) is 0 Å². The first kappa shape index (κ1) is 14.3. The minimum Gasteiger partial charge on any atom is -0.300 e. The molecule has 0 N–H and O–H groups in total. The molecule has 2 heteroatoms. The zero-order valence-electron chi connectivity index (χ0n) is 13.1. The van der Waals surface area contributed by atoms with Gasteiger partial charge < -0.3 is 4.90 Å². The molecule has 2 fully saturated rings. The van der Waals surface area contributed by atoms with Crippen molar-refractivity contribution in [1.82, 2.24) is 9.80 Å². The largest absolute Gasteiger partial charge is 0.300 e. The summed E-state index contributed by atoms with van der Waals surface area (Å²) in [6.07, 6.45) is 4.34. The summed E-state index contributed by atoms with van der Waals surface area (Å²) in [4.78, 5) is 5.26. The summed E-state index contributed by atoms with van der Waals surface area (Å²) in [6.45, 7) is 17.0. The molecule has 2 heterocycles. The molecule has 0 bridgehead atoms. The Morgan fingerprint density at radius 1 is 1.00 bits per heavy atom. The van der Waals surface area contributed by atoms with E-state index in [4.69, 9.17) is 0 Å². The normalized spacial score (nSPS) is 25.7. The van der Waals surface area contributed by atoms with E-state index in [0.717, 1.165) is 17.9 Å². The van der Waals surface area contributed by atoms with Gasteiger partial charge in [-0.2, -0.15) is 0 Å². The zero-order chi connectivity index (χ0) is 13.3. The van der Waals surface area contributed by atoms with Gasteiger partial charge in [-0.3, -0.25) is 4.90 Å². The molecular weight excluding hydrogens is 220 g/mol. The SMILES string of the molecule is CC(C)N1CC(CC2CCN(C(C)(C)C)CC2)C1. The molecular formula is C16H32N2. The van der Waals surface area contributed by atoms with Gasteiger partial charge in [-0.15, -0.1) is 0 Å². The lowest BCUT2D eigenvalue weighted by Gasteiger charge is -2.46. The van der Waals surface area contributed by atoms with Gasteiger partial charge in [-0.1, -0.05) is 0 Å². The highest BCUT2D eigenvalue weighted by Gasteiger charge is 2.33. The maximum absolute atomic E-state index is 2.66. The van der Waals surface area contributed by atoms with Crippen molar-refractivity contribution < 1.29 is 0 Å². The molecule has 2 aliphatic rings. The lowest BCUT2D eigenvalue weighted by Crippen LogP contribution is -2.51. The van der Waals surface area contributed by atoms with Gasteiger partial charge in [0.15, 0.2) is 0 Å². The van der Waals surface area contributed by atoms with E-state index < -0.39 is 0 Å². The van der Waals surface area contributed by atoms with Crippen molar-refractivity contribution in [1.29, 1.82) is 0 Å². The number of likely N-dealkylation sites (tertiary alicyclic amines) is 2. The zero-order valence-corrected chi connectivity index (χ0v) is 13.1. The summed E-state index contributed by atoms with van der Waals surface area (Å²) < 4.78 is 0. The Morgan fingerprint density at radius 2 is 1.56 bits per heavy atom. The van der Waals surface area contributed by atoms with Gasteiger partial charge in [-0.25, -0.2) is 0 Å². The van der Waals surface area contributed by atoms with Crippen molar-refractivity contribution in [2.24, 2.45) is 11.8 Å². The predicted octanol–water partition coefficient (Wildman–Crippen LogP) is 3.23. The number of rotatable bonds is 3. The van der Waals surface area contributed by atoms with Crippen LogP contribution in [0.1, 0.15) is 53.9 Å². The molecule has 0 saturated carbocycles. The molecule has 106 valence electrons. The lowest BCUT2D eigenvalue weighted by molar-refractivity contribution is 0.0321. The van der Waals surface area contributed by atoms with Crippen LogP contribution < -0.4 is 0 Å². The Bertz CT molecular complexity index is 253. The highest BCUT2D eigenvalue weighted by atomic mass is 15.2. The first-order valence-corrected chi connectivity index (χ1v) is 7.85. The van der Waals surface area contributed by atoms with Gasteiger partial charge in [0.1, 0.15) is 0 Å². The maximum Gasteiger partial charge on any atom is 0.0125 e. The van der Waals surface area contributed by atoms with Crippen LogP contribution in [0.5, 0.6) is 0 Å². The van der Waals surface area contributed by atoms with Crippen molar-refractivity contribution in [2.75, 3.05) is 26.2 Å².